The molecule has 1 aromatic heterocycles. The van der Waals surface area contributed by atoms with Gasteiger partial charge in [-0.2, -0.15) is 0 Å². The van der Waals surface area contributed by atoms with Crippen LogP contribution in [-0.2, 0) is 6.42 Å². The highest BCUT2D eigenvalue weighted by atomic mass is 35.5. The topological polar surface area (TPSA) is 112 Å². The zero-order valence-electron chi connectivity index (χ0n) is 11.7. The van der Waals surface area contributed by atoms with Gasteiger partial charge in [0.2, 0.25) is 0 Å². The largest absolute Gasteiger partial charge is 0.411 e. The number of nitrogens with zero attached hydrogens (tertiary/aromatic N) is 3. The number of thioether (sulfide) groups is 1. The highest BCUT2D eigenvalue weighted by Gasteiger charge is 2.19. The molecule has 0 radical (unpaired) electrons. The molecular weight excluding hydrogens is 349 g/mol. The average molecular weight is 362 g/mol. The summed E-state index contributed by atoms with van der Waals surface area (Å²) in [6.07, 6.45) is -0.796. The van der Waals surface area contributed by atoms with Crippen LogP contribution in [0.25, 0.3) is 0 Å². The Morgan fingerprint density at radius 3 is 2.87 bits per heavy atom. The van der Waals surface area contributed by atoms with E-state index in [-0.39, 0.29) is 35.2 Å². The number of benzene rings is 1. The van der Waals surface area contributed by atoms with Gasteiger partial charge in [-0.1, -0.05) is 34.6 Å². The van der Waals surface area contributed by atoms with E-state index in [2.05, 4.69) is 20.1 Å². The fraction of sp³-hybridized carbons (Fsp3) is 0.308. The number of aromatic nitrogens is 2. The van der Waals surface area contributed by atoms with Crippen LogP contribution in [0.1, 0.15) is 11.3 Å². The predicted octanol–water partition coefficient (Wildman–Crippen LogP) is 1.73. The molecule has 1 aromatic carbocycles. The minimum Gasteiger partial charge on any atom is -0.411 e. The number of rotatable bonds is 7. The van der Waals surface area contributed by atoms with Crippen LogP contribution in [0, 0.1) is 5.82 Å². The number of halogens is 2. The van der Waals surface area contributed by atoms with Crippen LogP contribution in [0.3, 0.4) is 0 Å². The van der Waals surface area contributed by atoms with Gasteiger partial charge in [0.15, 0.2) is 10.7 Å². The van der Waals surface area contributed by atoms with Crippen LogP contribution in [0.15, 0.2) is 33.0 Å². The molecule has 1 atom stereocenters. The van der Waals surface area contributed by atoms with Crippen LogP contribution in [-0.4, -0.2) is 49.9 Å². The monoisotopic (exact) mass is 361 g/mol. The van der Waals surface area contributed by atoms with E-state index < -0.39 is 11.9 Å². The van der Waals surface area contributed by atoms with Crippen molar-refractivity contribution in [3.05, 3.63) is 40.3 Å². The first-order chi connectivity index (χ1) is 11.0. The van der Waals surface area contributed by atoms with E-state index in [1.807, 2.05) is 0 Å². The molecule has 2 rings (SSSR count). The lowest BCUT2D eigenvalue weighted by molar-refractivity contribution is 0.113. The lowest BCUT2D eigenvalue weighted by atomic mass is 10.1. The summed E-state index contributed by atoms with van der Waals surface area (Å²) in [5.41, 5.74) is 0.955. The third-order valence-corrected chi connectivity index (χ3v) is 4.21. The van der Waals surface area contributed by atoms with E-state index in [4.69, 9.17) is 16.7 Å². The lowest BCUT2D eigenvalue weighted by Crippen LogP contribution is -2.15. The Bertz CT molecular complexity index is 698. The Balaban J connectivity index is 2.15. The molecule has 0 saturated carbocycles. The van der Waals surface area contributed by atoms with Gasteiger partial charge in [0.1, 0.15) is 11.5 Å². The molecule has 0 aliphatic heterocycles. The third kappa shape index (κ3) is 4.64. The second kappa shape index (κ2) is 8.25. The second-order valence-electron chi connectivity index (χ2n) is 4.54. The lowest BCUT2D eigenvalue weighted by Gasteiger charge is -2.06. The van der Waals surface area contributed by atoms with E-state index in [1.54, 1.807) is 0 Å². The van der Waals surface area contributed by atoms with Crippen molar-refractivity contribution in [3.8, 4) is 0 Å². The molecule has 2 aromatic rings. The average Bonchev–Trinajstić information content (AvgIpc) is 3.01. The van der Waals surface area contributed by atoms with Crippen molar-refractivity contribution in [1.82, 2.24) is 10.3 Å². The Morgan fingerprint density at radius 1 is 1.43 bits per heavy atom. The molecule has 0 unspecified atom stereocenters. The first-order valence-electron chi connectivity index (χ1n) is 6.44. The minimum atomic E-state index is -0.921. The zero-order valence-corrected chi connectivity index (χ0v) is 13.3. The highest BCUT2D eigenvalue weighted by Crippen LogP contribution is 2.23. The van der Waals surface area contributed by atoms with Gasteiger partial charge in [0.25, 0.3) is 0 Å². The standard InChI is InChI=1S/C13H13ClFN3O4S/c14-9-3-7(1-2-10(9)15)4-11(16-21)12-13(18-22-17-12)23-6-8(20)5-19/h1-3,8,19-21H,4-6H2/b16-11+/t8-/m0/s1. The normalized spacial score (nSPS) is 13.3. The summed E-state index contributed by atoms with van der Waals surface area (Å²) in [4.78, 5) is 0. The molecule has 0 fully saturated rings. The molecule has 124 valence electrons. The van der Waals surface area contributed by atoms with Crippen LogP contribution >= 0.6 is 23.4 Å². The van der Waals surface area contributed by atoms with Gasteiger partial charge in [-0.15, -0.1) is 0 Å². The number of hydrogen-bond acceptors (Lipinski definition) is 8. The predicted molar refractivity (Wildman–Crippen MR) is 81.6 cm³/mol. The third-order valence-electron chi connectivity index (χ3n) is 2.83. The first-order valence-corrected chi connectivity index (χ1v) is 7.81. The molecule has 10 heteroatoms. The molecule has 0 bridgehead atoms. The van der Waals surface area contributed by atoms with Gasteiger partial charge >= 0.3 is 0 Å². The molecule has 0 amide bonds. The summed E-state index contributed by atoms with van der Waals surface area (Å²) in [6, 6.07) is 4.13. The summed E-state index contributed by atoms with van der Waals surface area (Å²) in [7, 11) is 0. The Labute approximate surface area is 139 Å². The first kappa shape index (κ1) is 17.7. The van der Waals surface area contributed by atoms with Crippen molar-refractivity contribution in [2.45, 2.75) is 17.6 Å². The quantitative estimate of drug-likeness (QED) is 0.298. The summed E-state index contributed by atoms with van der Waals surface area (Å²) >= 11 is 6.81. The van der Waals surface area contributed by atoms with E-state index in [1.165, 1.54) is 18.2 Å². The molecule has 0 spiro atoms. The van der Waals surface area contributed by atoms with Crippen LogP contribution in [0.2, 0.25) is 5.02 Å². The van der Waals surface area contributed by atoms with Crippen molar-refractivity contribution in [2.75, 3.05) is 12.4 Å². The molecule has 0 aliphatic carbocycles. The SMILES string of the molecule is OC[C@H](O)CSc1nonc1/C(Cc1ccc(F)c(Cl)c1)=N/O. The Kier molecular flexibility index (Phi) is 6.34. The van der Waals surface area contributed by atoms with E-state index in [0.717, 1.165) is 11.8 Å². The maximum atomic E-state index is 13.2. The molecule has 3 N–H and O–H groups in total. The highest BCUT2D eigenvalue weighted by molar-refractivity contribution is 7.99. The van der Waals surface area contributed by atoms with Gasteiger partial charge < -0.3 is 15.4 Å². The van der Waals surface area contributed by atoms with Crippen LogP contribution in [0.5, 0.6) is 0 Å². The van der Waals surface area contributed by atoms with Crippen molar-refractivity contribution in [1.29, 1.82) is 0 Å². The maximum absolute atomic E-state index is 13.2. The minimum absolute atomic E-state index is 0.0428. The van der Waals surface area contributed by atoms with Crippen LogP contribution in [0.4, 0.5) is 4.39 Å². The van der Waals surface area contributed by atoms with Gasteiger partial charge in [-0.05, 0) is 28.0 Å². The number of hydrogen-bond donors (Lipinski definition) is 3. The molecule has 0 saturated heterocycles. The summed E-state index contributed by atoms with van der Waals surface area (Å²) in [6.45, 7) is -0.386. The number of aliphatic hydroxyl groups excluding tert-OH is 2. The Hall–Kier alpha value is -1.68. The van der Waals surface area contributed by atoms with Gasteiger partial charge in [0, 0.05) is 12.2 Å². The van der Waals surface area contributed by atoms with Gasteiger partial charge in [-0.3, -0.25) is 0 Å². The molecule has 1 heterocycles. The fourth-order valence-electron chi connectivity index (χ4n) is 1.69. The Morgan fingerprint density at radius 2 is 2.22 bits per heavy atom. The van der Waals surface area contributed by atoms with Crippen molar-refractivity contribution in [3.63, 3.8) is 0 Å². The van der Waals surface area contributed by atoms with E-state index >= 15 is 0 Å². The molecule has 0 aliphatic rings. The van der Waals surface area contributed by atoms with Crippen molar-refractivity contribution in [2.24, 2.45) is 5.16 Å². The maximum Gasteiger partial charge on any atom is 0.170 e. The van der Waals surface area contributed by atoms with Crippen molar-refractivity contribution >= 4 is 29.1 Å². The fourth-order valence-corrected chi connectivity index (χ4v) is 2.73. The summed E-state index contributed by atoms with van der Waals surface area (Å²) < 4.78 is 17.8. The van der Waals surface area contributed by atoms with Gasteiger partial charge in [-0.25, -0.2) is 9.02 Å². The van der Waals surface area contributed by atoms with Crippen LogP contribution < -0.4 is 0 Å². The smallest absolute Gasteiger partial charge is 0.170 e. The summed E-state index contributed by atoms with van der Waals surface area (Å²) in [5.74, 6) is -0.381. The second-order valence-corrected chi connectivity index (χ2v) is 5.95. The molecule has 7 nitrogen and oxygen atoms in total. The van der Waals surface area contributed by atoms with Gasteiger partial charge in [0.05, 0.1) is 17.7 Å². The molecular formula is C13H13ClFN3O4S. The van der Waals surface area contributed by atoms with E-state index in [9.17, 15) is 14.7 Å². The van der Waals surface area contributed by atoms with E-state index in [0.29, 0.717) is 10.6 Å². The zero-order chi connectivity index (χ0) is 16.8. The van der Waals surface area contributed by atoms with Crippen molar-refractivity contribution < 1.29 is 24.4 Å². The molecule has 23 heavy (non-hydrogen) atoms. The number of oxime groups is 1. The summed E-state index contributed by atoms with van der Waals surface area (Å²) in [5, 5.41) is 38.1. The number of aliphatic hydroxyl groups is 2.